The Kier molecular flexibility index (Phi) is 5.35. The zero-order valence-corrected chi connectivity index (χ0v) is 14.4. The molecule has 6 nitrogen and oxygen atoms in total. The highest BCUT2D eigenvalue weighted by molar-refractivity contribution is 7.96. The Morgan fingerprint density at radius 3 is 2.38 bits per heavy atom. The van der Waals surface area contributed by atoms with Crippen LogP contribution >= 0.6 is 0 Å². The van der Waals surface area contributed by atoms with Crippen LogP contribution in [0.4, 0.5) is 5.82 Å². The van der Waals surface area contributed by atoms with Crippen molar-refractivity contribution >= 4 is 21.6 Å². The second-order valence-corrected chi connectivity index (χ2v) is 7.04. The second kappa shape index (κ2) is 7.27. The molecule has 0 radical (unpaired) electrons. The first kappa shape index (κ1) is 17.7. The number of rotatable bonds is 5. The zero-order valence-electron chi connectivity index (χ0n) is 13.6. The van der Waals surface area contributed by atoms with Gasteiger partial charge in [0.25, 0.3) is 0 Å². The van der Waals surface area contributed by atoms with Crippen LogP contribution in [0.15, 0.2) is 58.5 Å². The lowest BCUT2D eigenvalue weighted by Crippen LogP contribution is -2.17. The molecule has 1 aromatic heterocycles. The van der Waals surface area contributed by atoms with E-state index in [0.717, 1.165) is 24.6 Å². The average molecular weight is 346 g/mol. The summed E-state index contributed by atoms with van der Waals surface area (Å²) in [5.41, 5.74) is 1.68. The number of ether oxygens (including phenoxy) is 1. The van der Waals surface area contributed by atoms with E-state index in [2.05, 4.69) is 15.0 Å². The number of carbonyl (C=O) groups is 1. The van der Waals surface area contributed by atoms with E-state index in [9.17, 15) is 13.2 Å². The summed E-state index contributed by atoms with van der Waals surface area (Å²) in [6.45, 7) is 3.65. The van der Waals surface area contributed by atoms with Crippen molar-refractivity contribution in [2.45, 2.75) is 18.7 Å². The fourth-order valence-corrected chi connectivity index (χ4v) is 3.22. The van der Waals surface area contributed by atoms with Crippen LogP contribution in [-0.4, -0.2) is 26.5 Å². The van der Waals surface area contributed by atoms with Gasteiger partial charge in [-0.1, -0.05) is 23.8 Å². The van der Waals surface area contributed by atoms with Gasteiger partial charge < -0.3 is 10.1 Å². The molecule has 1 aromatic carbocycles. The van der Waals surface area contributed by atoms with Crippen molar-refractivity contribution in [3.63, 3.8) is 0 Å². The van der Waals surface area contributed by atoms with Crippen molar-refractivity contribution in [1.29, 1.82) is 0 Å². The summed E-state index contributed by atoms with van der Waals surface area (Å²) in [4.78, 5) is 15.7. The molecule has 126 valence electrons. The van der Waals surface area contributed by atoms with Crippen molar-refractivity contribution in [2.75, 3.05) is 12.4 Å². The fraction of sp³-hybridized carbons (Fsp3) is 0.176. The van der Waals surface area contributed by atoms with Crippen LogP contribution in [0.2, 0.25) is 0 Å². The van der Waals surface area contributed by atoms with Gasteiger partial charge >= 0.3 is 5.97 Å². The van der Waals surface area contributed by atoms with Gasteiger partial charge in [-0.3, -0.25) is 0 Å². The molecule has 0 bridgehead atoms. The summed E-state index contributed by atoms with van der Waals surface area (Å²) < 4.78 is 30.0. The third-order valence-electron chi connectivity index (χ3n) is 3.25. The summed E-state index contributed by atoms with van der Waals surface area (Å²) in [5, 5.41) is 2.73. The number of anilines is 1. The Balaban J connectivity index is 2.42. The largest absolute Gasteiger partial charge is 0.465 e. The summed E-state index contributed by atoms with van der Waals surface area (Å²) in [6.07, 6.45) is 1.10. The first-order valence-electron chi connectivity index (χ1n) is 7.15. The number of aromatic nitrogens is 1. The topological polar surface area (TPSA) is 85.4 Å². The molecule has 0 aliphatic carbocycles. The van der Waals surface area contributed by atoms with Gasteiger partial charge in [0.1, 0.15) is 5.82 Å². The molecule has 0 amide bonds. The maximum Gasteiger partial charge on any atom is 0.351 e. The lowest BCUT2D eigenvalue weighted by atomic mass is 10.2. The number of pyridine rings is 1. The summed E-state index contributed by atoms with van der Waals surface area (Å²) in [5.74, 6) is -0.522. The Labute approximate surface area is 141 Å². The smallest absolute Gasteiger partial charge is 0.351 e. The molecule has 0 saturated heterocycles. The number of esters is 1. The van der Waals surface area contributed by atoms with E-state index in [1.165, 1.54) is 12.1 Å². The van der Waals surface area contributed by atoms with E-state index in [-0.39, 0.29) is 4.90 Å². The SMILES string of the molecule is COC(=O)C(=CNc1cccc(C)n1)S(=O)(=O)c1ccc(C)cc1. The predicted molar refractivity (Wildman–Crippen MR) is 91.1 cm³/mol. The summed E-state index contributed by atoms with van der Waals surface area (Å²) >= 11 is 0. The average Bonchev–Trinajstić information content (AvgIpc) is 2.55. The van der Waals surface area contributed by atoms with E-state index in [0.29, 0.717) is 5.82 Å². The molecule has 0 atom stereocenters. The number of nitrogens with zero attached hydrogens (tertiary/aromatic N) is 1. The maximum atomic E-state index is 12.7. The molecular formula is C17H18N2O4S. The maximum absolute atomic E-state index is 12.7. The number of nitrogens with one attached hydrogen (secondary N) is 1. The van der Waals surface area contributed by atoms with Crippen LogP contribution in [0.1, 0.15) is 11.3 Å². The van der Waals surface area contributed by atoms with Gasteiger partial charge in [-0.15, -0.1) is 0 Å². The highest BCUT2D eigenvalue weighted by Crippen LogP contribution is 2.21. The van der Waals surface area contributed by atoms with Gasteiger partial charge in [0.2, 0.25) is 9.84 Å². The predicted octanol–water partition coefficient (Wildman–Crippen LogP) is 2.60. The third kappa shape index (κ3) is 3.99. The molecule has 24 heavy (non-hydrogen) atoms. The van der Waals surface area contributed by atoms with Crippen LogP contribution in [0.5, 0.6) is 0 Å². The Morgan fingerprint density at radius 1 is 1.12 bits per heavy atom. The minimum Gasteiger partial charge on any atom is -0.465 e. The molecule has 1 heterocycles. The van der Waals surface area contributed by atoms with Crippen molar-refractivity contribution in [3.05, 3.63) is 64.8 Å². The van der Waals surface area contributed by atoms with Crippen molar-refractivity contribution in [2.24, 2.45) is 0 Å². The number of sulfone groups is 1. The van der Waals surface area contributed by atoms with Gasteiger partial charge in [-0.25, -0.2) is 18.2 Å². The van der Waals surface area contributed by atoms with E-state index >= 15 is 0 Å². The van der Waals surface area contributed by atoms with E-state index in [1.807, 2.05) is 6.92 Å². The number of hydrogen-bond acceptors (Lipinski definition) is 6. The van der Waals surface area contributed by atoms with Crippen molar-refractivity contribution < 1.29 is 17.9 Å². The summed E-state index contributed by atoms with van der Waals surface area (Å²) in [7, 11) is -2.88. The molecule has 0 unspecified atom stereocenters. The lowest BCUT2D eigenvalue weighted by molar-refractivity contribution is -0.135. The van der Waals surface area contributed by atoms with Crippen LogP contribution < -0.4 is 5.32 Å². The van der Waals surface area contributed by atoms with Crippen LogP contribution in [0.3, 0.4) is 0 Å². The van der Waals surface area contributed by atoms with Crippen LogP contribution in [0.25, 0.3) is 0 Å². The van der Waals surface area contributed by atoms with Crippen molar-refractivity contribution in [1.82, 2.24) is 4.98 Å². The first-order chi connectivity index (χ1) is 11.3. The number of methoxy groups -OCH3 is 1. The zero-order chi connectivity index (χ0) is 17.7. The minimum absolute atomic E-state index is 0.0174. The fourth-order valence-electron chi connectivity index (χ4n) is 1.95. The third-order valence-corrected chi connectivity index (χ3v) is 5.00. The van der Waals surface area contributed by atoms with E-state index in [4.69, 9.17) is 0 Å². The van der Waals surface area contributed by atoms with E-state index in [1.54, 1.807) is 37.3 Å². The van der Waals surface area contributed by atoms with E-state index < -0.39 is 20.7 Å². The first-order valence-corrected chi connectivity index (χ1v) is 8.63. The summed E-state index contributed by atoms with van der Waals surface area (Å²) in [6, 6.07) is 11.5. The van der Waals surface area contributed by atoms with Crippen LogP contribution in [0, 0.1) is 13.8 Å². The van der Waals surface area contributed by atoms with Crippen molar-refractivity contribution in [3.8, 4) is 0 Å². The molecule has 0 spiro atoms. The quantitative estimate of drug-likeness (QED) is 0.662. The molecule has 0 aliphatic heterocycles. The number of benzene rings is 1. The molecule has 0 fully saturated rings. The molecule has 0 aliphatic rings. The normalized spacial score (nSPS) is 11.9. The molecule has 0 saturated carbocycles. The standard InChI is InChI=1S/C17H18N2O4S/c1-12-7-9-14(10-8-12)24(21,22)15(17(20)23-3)11-18-16-6-4-5-13(2)19-16/h4-11H,1-3H3,(H,18,19). The minimum atomic E-state index is -4.01. The highest BCUT2D eigenvalue weighted by Gasteiger charge is 2.28. The molecule has 2 rings (SSSR count). The molecular weight excluding hydrogens is 328 g/mol. The number of aryl methyl sites for hydroxylation is 2. The molecule has 1 N–H and O–H groups in total. The second-order valence-electron chi connectivity index (χ2n) is 5.13. The highest BCUT2D eigenvalue weighted by atomic mass is 32.2. The van der Waals surface area contributed by atoms with Gasteiger partial charge in [-0.2, -0.15) is 0 Å². The molecule has 2 aromatic rings. The Hall–Kier alpha value is -2.67. The van der Waals surface area contributed by atoms with Crippen LogP contribution in [-0.2, 0) is 19.4 Å². The Bertz CT molecular complexity index is 872. The van der Waals surface area contributed by atoms with Gasteiger partial charge in [0.05, 0.1) is 12.0 Å². The number of carbonyl (C=O) groups excluding carboxylic acids is 1. The van der Waals surface area contributed by atoms with Gasteiger partial charge in [-0.05, 0) is 38.1 Å². The lowest BCUT2D eigenvalue weighted by Gasteiger charge is -2.09. The number of hydrogen-bond donors (Lipinski definition) is 1. The molecule has 7 heteroatoms. The monoisotopic (exact) mass is 346 g/mol. The van der Waals surface area contributed by atoms with Gasteiger partial charge in [0, 0.05) is 11.9 Å². The Morgan fingerprint density at radius 2 is 1.79 bits per heavy atom. The van der Waals surface area contributed by atoms with Gasteiger partial charge in [0.15, 0.2) is 4.91 Å².